The smallest absolute Gasteiger partial charge is 0.326 e. The summed E-state index contributed by atoms with van der Waals surface area (Å²) in [5.41, 5.74) is 0.0496. The predicted molar refractivity (Wildman–Crippen MR) is 114 cm³/mol. The van der Waals surface area contributed by atoms with Gasteiger partial charge >= 0.3 is 5.97 Å². The van der Waals surface area contributed by atoms with Crippen molar-refractivity contribution < 1.29 is 19.5 Å². The van der Waals surface area contributed by atoms with Gasteiger partial charge in [-0.15, -0.1) is 0 Å². The van der Waals surface area contributed by atoms with Crippen molar-refractivity contribution >= 4 is 17.8 Å². The van der Waals surface area contributed by atoms with Gasteiger partial charge in [0.1, 0.15) is 6.04 Å². The maximum Gasteiger partial charge on any atom is 0.326 e. The summed E-state index contributed by atoms with van der Waals surface area (Å²) in [6.45, 7) is 5.72. The number of hydrogen-bond donors (Lipinski definition) is 3. The SMILES string of the molecule is CC(C)CC(NC(=O)C1(c2ccccc2)CCN(C(=O)C2CCCN2)CC1)C(=O)O. The number of carboxylic acid groups (broad SMARTS) is 1. The van der Waals surface area contributed by atoms with Gasteiger partial charge < -0.3 is 20.6 Å². The first-order chi connectivity index (χ1) is 14.3. The normalized spacial score (nSPS) is 22.0. The molecule has 0 aromatic heterocycles. The number of piperidine rings is 1. The Kier molecular flexibility index (Phi) is 7.13. The predicted octanol–water partition coefficient (Wildman–Crippen LogP) is 1.91. The van der Waals surface area contributed by atoms with Crippen LogP contribution in [0.15, 0.2) is 30.3 Å². The van der Waals surface area contributed by atoms with Crippen LogP contribution in [0.3, 0.4) is 0 Å². The first-order valence-corrected chi connectivity index (χ1v) is 10.9. The van der Waals surface area contributed by atoms with Crippen LogP contribution in [0, 0.1) is 5.92 Å². The number of nitrogens with zero attached hydrogens (tertiary/aromatic N) is 1. The van der Waals surface area contributed by atoms with Crippen LogP contribution in [0.2, 0.25) is 0 Å². The number of carboxylic acids is 1. The molecule has 2 heterocycles. The van der Waals surface area contributed by atoms with Gasteiger partial charge in [-0.1, -0.05) is 44.2 Å². The number of rotatable bonds is 7. The molecule has 0 bridgehead atoms. The fourth-order valence-corrected chi connectivity index (χ4v) is 4.62. The van der Waals surface area contributed by atoms with Crippen molar-refractivity contribution in [3.63, 3.8) is 0 Å². The molecule has 7 heteroatoms. The molecule has 2 saturated heterocycles. The third kappa shape index (κ3) is 4.83. The van der Waals surface area contributed by atoms with Crippen LogP contribution in [0.1, 0.15) is 51.5 Å². The Hall–Kier alpha value is -2.41. The molecular formula is C23H33N3O4. The fraction of sp³-hybridized carbons (Fsp3) is 0.609. The van der Waals surface area contributed by atoms with E-state index in [1.807, 2.05) is 49.1 Å². The summed E-state index contributed by atoms with van der Waals surface area (Å²) in [6, 6.07) is 8.51. The summed E-state index contributed by atoms with van der Waals surface area (Å²) in [5, 5.41) is 15.6. The molecule has 0 radical (unpaired) electrons. The molecule has 0 saturated carbocycles. The van der Waals surface area contributed by atoms with E-state index in [-0.39, 0.29) is 23.8 Å². The van der Waals surface area contributed by atoms with Gasteiger partial charge in [-0.2, -0.15) is 0 Å². The monoisotopic (exact) mass is 415 g/mol. The summed E-state index contributed by atoms with van der Waals surface area (Å²) in [6.07, 6.45) is 3.21. The molecule has 3 rings (SSSR count). The van der Waals surface area contributed by atoms with Crippen molar-refractivity contribution in [1.29, 1.82) is 0 Å². The average Bonchev–Trinajstić information content (AvgIpc) is 3.28. The maximum atomic E-state index is 13.5. The third-order valence-corrected chi connectivity index (χ3v) is 6.36. The summed E-state index contributed by atoms with van der Waals surface area (Å²) >= 11 is 0. The number of carbonyl (C=O) groups is 3. The van der Waals surface area contributed by atoms with Crippen molar-refractivity contribution in [3.8, 4) is 0 Å². The summed E-state index contributed by atoms with van der Waals surface area (Å²) in [7, 11) is 0. The molecule has 2 aliphatic heterocycles. The summed E-state index contributed by atoms with van der Waals surface area (Å²) in [5.74, 6) is -1.01. The molecule has 2 unspecified atom stereocenters. The van der Waals surface area contributed by atoms with Gasteiger partial charge in [-0.05, 0) is 50.1 Å². The van der Waals surface area contributed by atoms with Gasteiger partial charge in [-0.25, -0.2) is 4.79 Å². The van der Waals surface area contributed by atoms with Crippen LogP contribution in [0.4, 0.5) is 0 Å². The summed E-state index contributed by atoms with van der Waals surface area (Å²) < 4.78 is 0. The van der Waals surface area contributed by atoms with Gasteiger partial charge in [0, 0.05) is 13.1 Å². The lowest BCUT2D eigenvalue weighted by Gasteiger charge is -2.42. The van der Waals surface area contributed by atoms with E-state index in [1.54, 1.807) is 0 Å². The Bertz CT molecular complexity index is 751. The van der Waals surface area contributed by atoms with Crippen LogP contribution in [0.5, 0.6) is 0 Å². The van der Waals surface area contributed by atoms with Crippen LogP contribution >= 0.6 is 0 Å². The average molecular weight is 416 g/mol. The van der Waals surface area contributed by atoms with Crippen LogP contribution in [-0.4, -0.2) is 59.5 Å². The van der Waals surface area contributed by atoms with E-state index in [1.165, 1.54) is 0 Å². The van der Waals surface area contributed by atoms with Crippen LogP contribution in [-0.2, 0) is 19.8 Å². The highest BCUT2D eigenvalue weighted by molar-refractivity contribution is 5.92. The van der Waals surface area contributed by atoms with Gasteiger partial charge in [0.15, 0.2) is 0 Å². The zero-order valence-electron chi connectivity index (χ0n) is 17.9. The quantitative estimate of drug-likeness (QED) is 0.632. The number of carbonyl (C=O) groups excluding carboxylic acids is 2. The number of hydrogen-bond acceptors (Lipinski definition) is 4. The third-order valence-electron chi connectivity index (χ3n) is 6.36. The molecule has 164 valence electrons. The molecule has 2 aliphatic rings. The Labute approximate surface area is 178 Å². The van der Waals surface area contributed by atoms with E-state index in [0.29, 0.717) is 32.4 Å². The Morgan fingerprint density at radius 3 is 2.40 bits per heavy atom. The van der Waals surface area contributed by atoms with E-state index in [0.717, 1.165) is 24.9 Å². The minimum absolute atomic E-state index is 0.109. The molecule has 2 atom stereocenters. The lowest BCUT2D eigenvalue weighted by atomic mass is 9.71. The second kappa shape index (κ2) is 9.60. The molecule has 0 spiro atoms. The number of likely N-dealkylation sites (tertiary alicyclic amines) is 1. The largest absolute Gasteiger partial charge is 0.480 e. The van der Waals surface area contributed by atoms with Crippen LogP contribution < -0.4 is 10.6 Å². The first kappa shape index (κ1) is 22.3. The lowest BCUT2D eigenvalue weighted by Crippen LogP contribution is -2.57. The second-order valence-electron chi connectivity index (χ2n) is 8.92. The van der Waals surface area contributed by atoms with Crippen molar-refractivity contribution in [2.45, 2.75) is 63.5 Å². The minimum atomic E-state index is -1.01. The highest BCUT2D eigenvalue weighted by Crippen LogP contribution is 2.36. The first-order valence-electron chi connectivity index (χ1n) is 10.9. The van der Waals surface area contributed by atoms with E-state index < -0.39 is 17.4 Å². The highest BCUT2D eigenvalue weighted by Gasteiger charge is 2.45. The fourth-order valence-electron chi connectivity index (χ4n) is 4.62. The molecule has 2 amide bonds. The van der Waals surface area contributed by atoms with Crippen molar-refractivity contribution in [1.82, 2.24) is 15.5 Å². The minimum Gasteiger partial charge on any atom is -0.480 e. The molecule has 1 aromatic rings. The van der Waals surface area contributed by atoms with Crippen molar-refractivity contribution in [2.24, 2.45) is 5.92 Å². The van der Waals surface area contributed by atoms with E-state index in [9.17, 15) is 19.5 Å². The van der Waals surface area contributed by atoms with Crippen molar-refractivity contribution in [3.05, 3.63) is 35.9 Å². The van der Waals surface area contributed by atoms with Crippen molar-refractivity contribution in [2.75, 3.05) is 19.6 Å². The molecular weight excluding hydrogens is 382 g/mol. The zero-order valence-corrected chi connectivity index (χ0v) is 17.9. The lowest BCUT2D eigenvalue weighted by molar-refractivity contribution is -0.144. The number of benzene rings is 1. The van der Waals surface area contributed by atoms with E-state index in [2.05, 4.69) is 10.6 Å². The number of nitrogens with one attached hydrogen (secondary N) is 2. The maximum absolute atomic E-state index is 13.5. The van der Waals surface area contributed by atoms with Gasteiger partial charge in [0.05, 0.1) is 11.5 Å². The zero-order chi connectivity index (χ0) is 21.7. The topological polar surface area (TPSA) is 98.7 Å². The Morgan fingerprint density at radius 1 is 1.20 bits per heavy atom. The van der Waals surface area contributed by atoms with Gasteiger partial charge in [-0.3, -0.25) is 9.59 Å². The molecule has 3 N–H and O–H groups in total. The molecule has 1 aromatic carbocycles. The standard InChI is InChI=1S/C23H33N3O4/c1-16(2)15-19(21(28)29)25-22(30)23(17-7-4-3-5-8-17)10-13-26(14-11-23)20(27)18-9-6-12-24-18/h3-5,7-8,16,18-19,24H,6,9-15H2,1-2H3,(H,25,30)(H,28,29). The van der Waals surface area contributed by atoms with Crippen LogP contribution in [0.25, 0.3) is 0 Å². The molecule has 7 nitrogen and oxygen atoms in total. The number of aliphatic carboxylic acids is 1. The molecule has 30 heavy (non-hydrogen) atoms. The van der Waals surface area contributed by atoms with E-state index in [4.69, 9.17) is 0 Å². The highest BCUT2D eigenvalue weighted by atomic mass is 16.4. The Morgan fingerprint density at radius 2 is 1.87 bits per heavy atom. The molecule has 0 aliphatic carbocycles. The Balaban J connectivity index is 1.79. The summed E-state index contributed by atoms with van der Waals surface area (Å²) in [4.78, 5) is 39.8. The van der Waals surface area contributed by atoms with E-state index >= 15 is 0 Å². The number of amides is 2. The molecule has 2 fully saturated rings. The second-order valence-corrected chi connectivity index (χ2v) is 8.92. The van der Waals surface area contributed by atoms with Gasteiger partial charge in [0.2, 0.25) is 11.8 Å². The van der Waals surface area contributed by atoms with Gasteiger partial charge in [0.25, 0.3) is 0 Å².